The molecule has 2 aliphatic heterocycles. The number of carboxylic acid groups (broad SMARTS) is 1. The second-order valence-corrected chi connectivity index (χ2v) is 23.8. The minimum Gasteiger partial charge on any atom is -0.481 e. The summed E-state index contributed by atoms with van der Waals surface area (Å²) in [5, 5.41) is 9.77. The van der Waals surface area contributed by atoms with Crippen molar-refractivity contribution in [1.29, 1.82) is 0 Å². The Labute approximate surface area is 420 Å². The number of fused-ring (bicyclic) bond motifs is 6. The van der Waals surface area contributed by atoms with Crippen molar-refractivity contribution in [1.82, 2.24) is 0 Å². The molecule has 5 N–H and O–H groups in total. The Bertz CT molecular complexity index is 3310. The third-order valence-corrected chi connectivity index (χ3v) is 16.6. The van der Waals surface area contributed by atoms with Crippen LogP contribution in [-0.2, 0) is 70.3 Å². The zero-order valence-corrected chi connectivity index (χ0v) is 43.7. The largest absolute Gasteiger partial charge is 0.481 e. The first kappa shape index (κ1) is 56.2. The molecule has 4 aromatic carbocycles. The van der Waals surface area contributed by atoms with Gasteiger partial charge in [-0.3, -0.25) is 23.0 Å². The summed E-state index contributed by atoms with van der Waals surface area (Å²) in [6.45, 7) is 9.99. The highest BCUT2D eigenvalue weighted by molar-refractivity contribution is 7.87. The van der Waals surface area contributed by atoms with Crippen LogP contribution in [0.2, 0.25) is 0 Å². The van der Waals surface area contributed by atoms with Crippen LogP contribution in [0.25, 0.3) is 21.5 Å². The summed E-state index contributed by atoms with van der Waals surface area (Å²) in [6.07, 6.45) is 14.5. The van der Waals surface area contributed by atoms with Crippen LogP contribution in [0.4, 0.5) is 11.4 Å². The van der Waals surface area contributed by atoms with E-state index in [1.807, 2.05) is 50.8 Å². The van der Waals surface area contributed by atoms with E-state index < -0.39 is 76.9 Å². The van der Waals surface area contributed by atoms with Gasteiger partial charge in [-0.15, -0.1) is 0 Å². The Morgan fingerprint density at radius 2 is 1.17 bits per heavy atom. The van der Waals surface area contributed by atoms with E-state index in [2.05, 4.69) is 4.90 Å². The molecule has 72 heavy (non-hydrogen) atoms. The van der Waals surface area contributed by atoms with Gasteiger partial charge in [0.05, 0.1) is 42.3 Å². The van der Waals surface area contributed by atoms with Gasteiger partial charge in [-0.1, -0.05) is 68.9 Å². The fraction of sp³-hybridized carbons (Fsp3) is 0.408. The highest BCUT2D eigenvalue weighted by Crippen LogP contribution is 2.54. The fourth-order valence-corrected chi connectivity index (χ4v) is 12.5. The Balaban J connectivity index is 1.39. The first-order valence-electron chi connectivity index (χ1n) is 22.9. The number of carboxylic acids is 1. The third-order valence-electron chi connectivity index (χ3n) is 13.1. The molecule has 4 aromatic rings. The Kier molecular flexibility index (Phi) is 17.3. The standard InChI is InChI=1S/C49H60N2O17S4/c1-6-50-39-20-18-35-37(29-33(69(54,55)56)31-41(35)71(60,61)62)46(39)48(2,3)43(50)15-11-8-7-9-12-16-44-49(4,22-24-67-27-28-68-26-25-66-5)47-38-30-34(70(57,58)59)32-42(72(63,64)65)36(38)19-21-40(47)51(44)23-14-10-13-17-45(52)53/h7-9,11-12,15-16,18-21,29-32,43H,6,10,13-14,17,22-28H2,1-5H3,(H,52,53)(H,54,55,56)(H,57,58,59)(H,60,61,62)(H,63,64,65). The molecule has 2 heterocycles. The summed E-state index contributed by atoms with van der Waals surface area (Å²) in [4.78, 5) is 12.6. The lowest BCUT2D eigenvalue weighted by Crippen LogP contribution is -2.39. The molecule has 0 bridgehead atoms. The number of methoxy groups -OCH3 is 1. The summed E-state index contributed by atoms with van der Waals surface area (Å²) in [6, 6.07) is 9.84. The molecule has 2 aliphatic rings. The minimum atomic E-state index is -5.02. The van der Waals surface area contributed by atoms with Gasteiger partial charge in [-0.05, 0) is 97.5 Å². The van der Waals surface area contributed by atoms with E-state index in [-0.39, 0.29) is 60.2 Å². The van der Waals surface area contributed by atoms with Crippen LogP contribution in [0.3, 0.4) is 0 Å². The molecule has 0 saturated carbocycles. The SMILES string of the molecule is CCN1c2ccc3c(S(=O)(=O)O)cc(S(=O)(=O)O)cc3c2C(C)(C)C1C=CC=CC=CC=C1N(CCCCCC(=O)O)c2ccc3c(S(=O)(=O)O)cc(S(=O)(=O)O)cc3c2C1(C)CCOCCOCCOC. The average molecular weight is 1080 g/mol. The van der Waals surface area contributed by atoms with Gasteiger partial charge < -0.3 is 29.1 Å². The smallest absolute Gasteiger partial charge is 0.303 e. The Morgan fingerprint density at radius 3 is 1.71 bits per heavy atom. The number of nitrogens with zero attached hydrogens (tertiary/aromatic N) is 2. The molecule has 0 saturated heterocycles. The Morgan fingerprint density at radius 1 is 0.639 bits per heavy atom. The van der Waals surface area contributed by atoms with Crippen LogP contribution in [0.15, 0.2) is 116 Å². The van der Waals surface area contributed by atoms with E-state index in [4.69, 9.17) is 14.2 Å². The van der Waals surface area contributed by atoms with Gasteiger partial charge >= 0.3 is 5.97 Å². The van der Waals surface area contributed by atoms with Gasteiger partial charge in [-0.25, -0.2) is 0 Å². The van der Waals surface area contributed by atoms with Gasteiger partial charge in [0, 0.05) is 71.9 Å². The number of aliphatic carboxylic acids is 1. The minimum absolute atomic E-state index is 0.0179. The maximum atomic E-state index is 12.8. The van der Waals surface area contributed by atoms with Crippen LogP contribution >= 0.6 is 0 Å². The van der Waals surface area contributed by atoms with Crippen LogP contribution < -0.4 is 9.80 Å². The average Bonchev–Trinajstić information content (AvgIpc) is 3.66. The van der Waals surface area contributed by atoms with Crippen LogP contribution in [0.5, 0.6) is 0 Å². The molecule has 6 rings (SSSR count). The van der Waals surface area contributed by atoms with Crippen LogP contribution in [0, 0.1) is 0 Å². The second-order valence-electron chi connectivity index (χ2n) is 18.2. The maximum Gasteiger partial charge on any atom is 0.303 e. The molecular weight excluding hydrogens is 1020 g/mol. The summed E-state index contributed by atoms with van der Waals surface area (Å²) < 4.78 is 157. The number of benzene rings is 4. The van der Waals surface area contributed by atoms with E-state index in [1.165, 1.54) is 24.3 Å². The monoisotopic (exact) mass is 1080 g/mol. The number of carbonyl (C=O) groups is 1. The highest BCUT2D eigenvalue weighted by atomic mass is 32.2. The molecule has 0 aliphatic carbocycles. The van der Waals surface area contributed by atoms with Crippen LogP contribution in [0.1, 0.15) is 70.9 Å². The molecule has 0 spiro atoms. The number of allylic oxidation sites excluding steroid dienone is 7. The van der Waals surface area contributed by atoms with Crippen molar-refractivity contribution in [2.24, 2.45) is 0 Å². The summed E-state index contributed by atoms with van der Waals surface area (Å²) in [5.74, 6) is -0.926. The normalized spacial score (nSPS) is 19.0. The number of hydrogen-bond donors (Lipinski definition) is 5. The topological polar surface area (TPSA) is 289 Å². The summed E-state index contributed by atoms with van der Waals surface area (Å²) in [5.41, 5.74) is 1.34. The molecule has 23 heteroatoms. The molecular formula is C49H60N2O17S4. The number of rotatable bonds is 24. The van der Waals surface area contributed by atoms with E-state index in [9.17, 15) is 61.8 Å². The van der Waals surface area contributed by atoms with Crippen molar-refractivity contribution >= 4 is 79.4 Å². The highest BCUT2D eigenvalue weighted by Gasteiger charge is 2.46. The first-order valence-corrected chi connectivity index (χ1v) is 28.7. The van der Waals surface area contributed by atoms with E-state index in [0.29, 0.717) is 79.8 Å². The van der Waals surface area contributed by atoms with Crippen molar-refractivity contribution in [3.8, 4) is 0 Å². The number of hydrogen-bond acceptors (Lipinski definition) is 14. The Hall–Kier alpha value is -5.05. The van der Waals surface area contributed by atoms with Gasteiger partial charge in [0.1, 0.15) is 9.79 Å². The number of ether oxygens (including phenoxy) is 3. The van der Waals surface area contributed by atoms with Crippen molar-refractivity contribution in [2.45, 2.75) is 96.3 Å². The van der Waals surface area contributed by atoms with Crippen LogP contribution in [-0.4, -0.2) is 122 Å². The lowest BCUT2D eigenvalue weighted by Gasteiger charge is -2.31. The fourth-order valence-electron chi connectivity index (χ4n) is 9.87. The van der Waals surface area contributed by atoms with Gasteiger partial charge in [-0.2, -0.15) is 33.7 Å². The van der Waals surface area contributed by atoms with Gasteiger partial charge in [0.2, 0.25) is 0 Å². The third kappa shape index (κ3) is 12.1. The number of anilines is 2. The lowest BCUT2D eigenvalue weighted by molar-refractivity contribution is -0.137. The van der Waals surface area contributed by atoms with E-state index >= 15 is 0 Å². The lowest BCUT2D eigenvalue weighted by atomic mass is 9.76. The zero-order valence-electron chi connectivity index (χ0n) is 40.4. The summed E-state index contributed by atoms with van der Waals surface area (Å²) >= 11 is 0. The quantitative estimate of drug-likeness (QED) is 0.0258. The summed E-state index contributed by atoms with van der Waals surface area (Å²) in [7, 11) is -18.2. The first-order chi connectivity index (χ1) is 33.7. The van der Waals surface area contributed by atoms with Gasteiger partial charge in [0.25, 0.3) is 40.5 Å². The van der Waals surface area contributed by atoms with Crippen molar-refractivity contribution in [3.05, 3.63) is 108 Å². The van der Waals surface area contributed by atoms with E-state index in [1.54, 1.807) is 43.5 Å². The predicted molar refractivity (Wildman–Crippen MR) is 271 cm³/mol. The second kappa shape index (κ2) is 22.2. The molecule has 0 radical (unpaired) electrons. The van der Waals surface area contributed by atoms with E-state index in [0.717, 1.165) is 6.07 Å². The number of likely N-dealkylation sites (N-methyl/N-ethyl adjacent to an activating group) is 1. The molecule has 392 valence electrons. The molecule has 0 amide bonds. The molecule has 0 fully saturated rings. The molecule has 2 unspecified atom stereocenters. The predicted octanol–water partition coefficient (Wildman–Crippen LogP) is 7.51. The number of unbranched alkanes of at least 4 members (excludes halogenated alkanes) is 2. The molecule has 2 atom stereocenters. The zero-order chi connectivity index (χ0) is 53.0. The van der Waals surface area contributed by atoms with Crippen molar-refractivity contribution in [3.63, 3.8) is 0 Å². The maximum absolute atomic E-state index is 12.8. The van der Waals surface area contributed by atoms with Gasteiger partial charge in [0.15, 0.2) is 0 Å². The molecule has 19 nitrogen and oxygen atoms in total. The molecule has 0 aromatic heterocycles. The van der Waals surface area contributed by atoms with Crippen molar-refractivity contribution in [2.75, 3.05) is 63.0 Å². The van der Waals surface area contributed by atoms with Crippen molar-refractivity contribution < 1.29 is 76.0 Å².